The van der Waals surface area contributed by atoms with Crippen LogP contribution in [0.4, 0.5) is 0 Å². The average molecular weight is 1200 g/mol. The second-order valence-corrected chi connectivity index (χ2v) is 28.1. The molecule has 94 heavy (non-hydrogen) atoms. The molecule has 0 N–H and O–H groups in total. The summed E-state index contributed by atoms with van der Waals surface area (Å²) in [4.78, 5) is 11.2. The molecule has 0 unspecified atom stereocenters. The molecule has 13 aromatic carbocycles. The predicted molar refractivity (Wildman–Crippen MR) is 392 cm³/mol. The number of benzene rings is 13. The number of nitrogens with zero attached hydrogens (tertiary/aromatic N) is 5. The van der Waals surface area contributed by atoms with Crippen LogP contribution < -0.4 is 0 Å². The van der Waals surface area contributed by atoms with Crippen LogP contribution in [0.5, 0.6) is 0 Å². The minimum Gasteiger partial charge on any atom is -0.309 e. The number of hydrogen-bond acceptors (Lipinski definition) is 2. The van der Waals surface area contributed by atoms with Crippen LogP contribution in [0.2, 0.25) is 0 Å². The molecule has 0 saturated carbocycles. The lowest BCUT2D eigenvalue weighted by atomic mass is 9.82. The Morgan fingerprint density at radius 2 is 0.617 bits per heavy atom. The highest BCUT2D eigenvalue weighted by Gasteiger charge is 2.39. The van der Waals surface area contributed by atoms with Crippen LogP contribution in [0.1, 0.15) is 74.9 Å². The molecule has 0 saturated heterocycles. The molecule has 3 aliphatic rings. The van der Waals surface area contributed by atoms with E-state index in [0.29, 0.717) is 5.82 Å². The molecule has 20 rings (SSSR count). The Morgan fingerprint density at radius 1 is 0.234 bits per heavy atom. The van der Waals surface area contributed by atoms with Gasteiger partial charge in [-0.1, -0.05) is 199 Å². The average Bonchev–Trinajstić information content (AvgIpc) is 1.56. The second kappa shape index (κ2) is 18.9. The first-order chi connectivity index (χ1) is 45.9. The van der Waals surface area contributed by atoms with Crippen molar-refractivity contribution in [2.45, 2.75) is 57.8 Å². The number of aromatic nitrogens is 5. The molecule has 0 aliphatic heterocycles. The van der Waals surface area contributed by atoms with Crippen LogP contribution in [-0.4, -0.2) is 23.7 Å². The van der Waals surface area contributed by atoms with Gasteiger partial charge in [0.1, 0.15) is 0 Å². The summed E-state index contributed by atoms with van der Waals surface area (Å²) in [5.74, 6) is 0.673. The number of rotatable bonds is 6. The van der Waals surface area contributed by atoms with E-state index in [1.165, 1.54) is 132 Å². The minimum atomic E-state index is -0.156. The van der Waals surface area contributed by atoms with Crippen LogP contribution in [0, 0.1) is 0 Å². The van der Waals surface area contributed by atoms with Gasteiger partial charge in [-0.3, -0.25) is 0 Å². The molecule has 3 aliphatic carbocycles. The molecule has 17 aromatic rings. The SMILES string of the molecule is CC1(C)c2ccccc2-c2cc3c4ccccc4n(-c4ccc(-c5nc(-c6cccc(-n7c8ccccc8c8cc9c(cc87)C(C)(C)c7ccccc7-9)c6)c6cc(-c7cccc(-n8c9ccccc9c9cc%10c(cc98)C(C)(C)c8ccccc8-%10)c7)ccc6n5)cc4)c3cc21. The number of para-hydroxylation sites is 3. The molecule has 0 bridgehead atoms. The van der Waals surface area contributed by atoms with E-state index in [1.54, 1.807) is 0 Å². The van der Waals surface area contributed by atoms with Crippen molar-refractivity contribution in [3.63, 3.8) is 0 Å². The third-order valence-electron chi connectivity index (χ3n) is 22.0. The zero-order chi connectivity index (χ0) is 62.7. The van der Waals surface area contributed by atoms with Crippen LogP contribution in [0.25, 0.3) is 161 Å². The zero-order valence-electron chi connectivity index (χ0n) is 53.2. The first kappa shape index (κ1) is 53.3. The van der Waals surface area contributed by atoms with Crippen molar-refractivity contribution in [1.29, 1.82) is 0 Å². The maximum absolute atomic E-state index is 5.73. The van der Waals surface area contributed by atoms with E-state index in [2.05, 4.69) is 328 Å². The van der Waals surface area contributed by atoms with E-state index in [-0.39, 0.29) is 16.2 Å². The first-order valence-corrected chi connectivity index (χ1v) is 33.0. The Labute approximate surface area is 545 Å². The summed E-state index contributed by atoms with van der Waals surface area (Å²) in [5.41, 5.74) is 32.1. The molecule has 0 atom stereocenters. The van der Waals surface area contributed by atoms with Gasteiger partial charge >= 0.3 is 0 Å². The van der Waals surface area contributed by atoms with Crippen LogP contribution in [0.3, 0.4) is 0 Å². The smallest absolute Gasteiger partial charge is 0.160 e. The Morgan fingerprint density at radius 3 is 1.09 bits per heavy atom. The Kier molecular flexibility index (Phi) is 10.7. The maximum atomic E-state index is 5.73. The summed E-state index contributed by atoms with van der Waals surface area (Å²) in [5, 5.41) is 8.47. The maximum Gasteiger partial charge on any atom is 0.160 e. The minimum absolute atomic E-state index is 0.130. The zero-order valence-corrected chi connectivity index (χ0v) is 53.2. The summed E-state index contributed by atoms with van der Waals surface area (Å²) in [7, 11) is 0. The van der Waals surface area contributed by atoms with Gasteiger partial charge < -0.3 is 13.7 Å². The Hall–Kier alpha value is -11.4. The number of hydrogen-bond donors (Lipinski definition) is 0. The fraction of sp³-hybridized carbons (Fsp3) is 0.101. The van der Waals surface area contributed by atoms with Gasteiger partial charge in [0, 0.05) is 82.1 Å². The topological polar surface area (TPSA) is 40.6 Å². The van der Waals surface area contributed by atoms with Gasteiger partial charge in [0.05, 0.1) is 44.3 Å². The van der Waals surface area contributed by atoms with Crippen molar-refractivity contribution in [2.75, 3.05) is 0 Å². The summed E-state index contributed by atoms with van der Waals surface area (Å²) < 4.78 is 7.39. The molecule has 5 nitrogen and oxygen atoms in total. The van der Waals surface area contributed by atoms with E-state index in [0.717, 1.165) is 55.9 Å². The van der Waals surface area contributed by atoms with Gasteiger partial charge in [-0.05, 0) is 193 Å². The summed E-state index contributed by atoms with van der Waals surface area (Å²) in [6.45, 7) is 14.2. The molecule has 0 spiro atoms. The van der Waals surface area contributed by atoms with Gasteiger partial charge in [-0.15, -0.1) is 0 Å². The van der Waals surface area contributed by atoms with Gasteiger partial charge in [0.2, 0.25) is 0 Å². The fourth-order valence-electron chi connectivity index (χ4n) is 17.4. The van der Waals surface area contributed by atoms with Gasteiger partial charge in [0.25, 0.3) is 0 Å². The molecule has 0 fully saturated rings. The second-order valence-electron chi connectivity index (χ2n) is 28.1. The van der Waals surface area contributed by atoms with Gasteiger partial charge in [-0.2, -0.15) is 0 Å². The highest BCUT2D eigenvalue weighted by Crippen LogP contribution is 2.55. The molecule has 4 heterocycles. The van der Waals surface area contributed by atoms with Crippen molar-refractivity contribution >= 4 is 76.3 Å². The predicted octanol–water partition coefficient (Wildman–Crippen LogP) is 22.8. The van der Waals surface area contributed by atoms with Crippen molar-refractivity contribution in [3.05, 3.63) is 306 Å². The molecule has 444 valence electrons. The van der Waals surface area contributed by atoms with Gasteiger partial charge in [-0.25, -0.2) is 9.97 Å². The molecule has 0 amide bonds. The Bertz CT molecular complexity index is 6200. The largest absolute Gasteiger partial charge is 0.309 e. The van der Waals surface area contributed by atoms with Gasteiger partial charge in [0.15, 0.2) is 5.82 Å². The molecular weight excluding hydrogens is 1140 g/mol. The highest BCUT2D eigenvalue weighted by atomic mass is 15.0. The van der Waals surface area contributed by atoms with E-state index in [1.807, 2.05) is 0 Å². The molecule has 4 aromatic heterocycles. The van der Waals surface area contributed by atoms with Crippen molar-refractivity contribution < 1.29 is 0 Å². The lowest BCUT2D eigenvalue weighted by Crippen LogP contribution is -2.15. The monoisotopic (exact) mass is 1200 g/mol. The molecule has 5 heteroatoms. The normalized spacial score (nSPS) is 14.5. The molecular formula is C89H63N5. The third-order valence-corrected chi connectivity index (χ3v) is 22.0. The van der Waals surface area contributed by atoms with Crippen LogP contribution >= 0.6 is 0 Å². The van der Waals surface area contributed by atoms with Crippen molar-refractivity contribution in [2.24, 2.45) is 0 Å². The van der Waals surface area contributed by atoms with Crippen LogP contribution in [0.15, 0.2) is 273 Å². The fourth-order valence-corrected chi connectivity index (χ4v) is 17.4. The lowest BCUT2D eigenvalue weighted by Gasteiger charge is -2.21. The summed E-state index contributed by atoms with van der Waals surface area (Å²) in [6, 6.07) is 102. The van der Waals surface area contributed by atoms with Crippen molar-refractivity contribution in [3.8, 4) is 84.2 Å². The van der Waals surface area contributed by atoms with E-state index >= 15 is 0 Å². The highest BCUT2D eigenvalue weighted by molar-refractivity contribution is 6.15. The summed E-state index contributed by atoms with van der Waals surface area (Å²) >= 11 is 0. The van der Waals surface area contributed by atoms with E-state index in [4.69, 9.17) is 9.97 Å². The third kappa shape index (κ3) is 7.24. The van der Waals surface area contributed by atoms with E-state index in [9.17, 15) is 0 Å². The first-order valence-electron chi connectivity index (χ1n) is 33.0. The van der Waals surface area contributed by atoms with Crippen LogP contribution in [-0.2, 0) is 16.2 Å². The quantitative estimate of drug-likeness (QED) is 0.166. The Balaban J connectivity index is 0.755. The molecule has 0 radical (unpaired) electrons. The van der Waals surface area contributed by atoms with Crippen molar-refractivity contribution in [1.82, 2.24) is 23.7 Å². The summed E-state index contributed by atoms with van der Waals surface area (Å²) in [6.07, 6.45) is 0. The van der Waals surface area contributed by atoms with E-state index < -0.39 is 0 Å². The number of fused-ring (bicyclic) bond motifs is 19. The lowest BCUT2D eigenvalue weighted by molar-refractivity contribution is 0.661. The standard InChI is InChI=1S/C89H63N5/c1-87(2)72-31-13-7-25-59(72)65-46-68-62-28-10-16-34-79(62)92(82(68)49-75(65)87)56-40-37-52(38-41-56)86-90-78-42-39-54(53-21-19-23-57(43-53)93-80-35-17-11-29-63(80)69-47-66-60-26-8-14-32-73(60)88(3,4)76(66)50-83(69)93)45-71(78)85(91-86)55-22-20-24-58(44-55)94-81-36-18-12-30-64(81)70-48-67-61-27-9-15-33-74(61)89(5,6)77(67)51-84(70)94/h7-51H,1-6H3.